The van der Waals surface area contributed by atoms with Gasteiger partial charge in [-0.05, 0) is 20.3 Å². The normalized spacial score (nSPS) is 24.1. The molecule has 1 aliphatic rings. The largest absolute Gasteiger partial charge is 0.381 e. The highest BCUT2D eigenvalue weighted by Crippen LogP contribution is 2.11. The number of ether oxygens (including phenoxy) is 1. The van der Waals surface area contributed by atoms with E-state index in [1.54, 1.807) is 0 Å². The van der Waals surface area contributed by atoms with Gasteiger partial charge in [-0.2, -0.15) is 0 Å². The zero-order valence-corrected chi connectivity index (χ0v) is 7.09. The van der Waals surface area contributed by atoms with Crippen LogP contribution in [0, 0.1) is 5.92 Å². The summed E-state index contributed by atoms with van der Waals surface area (Å²) in [6.07, 6.45) is 0.874. The van der Waals surface area contributed by atoms with Crippen LogP contribution in [0.1, 0.15) is 20.3 Å². The zero-order chi connectivity index (χ0) is 8.27. The standard InChI is InChI=1S/C8H15NO2/c1-6(2)9-8(10)7-3-4-11-5-7/h6-7H,3-5H2,1-2H3,(H,9,10)/t7-/m0/s1. The molecule has 0 radical (unpaired) electrons. The average molecular weight is 157 g/mol. The minimum atomic E-state index is 0.0948. The monoisotopic (exact) mass is 157 g/mol. The number of hydrogen-bond acceptors (Lipinski definition) is 2. The van der Waals surface area contributed by atoms with Gasteiger partial charge in [-0.25, -0.2) is 0 Å². The molecule has 0 aromatic rings. The third-order valence-electron chi connectivity index (χ3n) is 1.73. The first-order valence-electron chi connectivity index (χ1n) is 4.08. The van der Waals surface area contributed by atoms with Crippen molar-refractivity contribution in [3.63, 3.8) is 0 Å². The second-order valence-electron chi connectivity index (χ2n) is 3.22. The van der Waals surface area contributed by atoms with E-state index in [4.69, 9.17) is 4.74 Å². The molecular formula is C8H15NO2. The molecule has 0 bridgehead atoms. The van der Waals surface area contributed by atoms with Crippen molar-refractivity contribution < 1.29 is 9.53 Å². The second-order valence-corrected chi connectivity index (χ2v) is 3.22. The van der Waals surface area contributed by atoms with Crippen LogP contribution in [0.15, 0.2) is 0 Å². The van der Waals surface area contributed by atoms with Crippen LogP contribution in [-0.4, -0.2) is 25.2 Å². The predicted octanol–water partition coefficient (Wildman–Crippen LogP) is 0.547. The number of carbonyl (C=O) groups is 1. The molecule has 1 aliphatic heterocycles. The smallest absolute Gasteiger partial charge is 0.225 e. The molecule has 0 saturated carbocycles. The van der Waals surface area contributed by atoms with Gasteiger partial charge in [0, 0.05) is 12.6 Å². The molecule has 3 nitrogen and oxygen atoms in total. The van der Waals surface area contributed by atoms with Crippen molar-refractivity contribution >= 4 is 5.91 Å². The summed E-state index contributed by atoms with van der Waals surface area (Å²) in [5, 5.41) is 2.87. The van der Waals surface area contributed by atoms with Gasteiger partial charge in [-0.3, -0.25) is 4.79 Å². The number of hydrogen-bond donors (Lipinski definition) is 1. The molecule has 0 aromatic heterocycles. The third-order valence-corrected chi connectivity index (χ3v) is 1.73. The van der Waals surface area contributed by atoms with Crippen LogP contribution in [0.5, 0.6) is 0 Å². The Balaban J connectivity index is 2.28. The number of nitrogens with one attached hydrogen (secondary N) is 1. The molecule has 1 rings (SSSR count). The first kappa shape index (κ1) is 8.53. The number of rotatable bonds is 2. The molecule has 0 spiro atoms. The Morgan fingerprint density at radius 1 is 1.64 bits per heavy atom. The third kappa shape index (κ3) is 2.50. The predicted molar refractivity (Wildman–Crippen MR) is 42.2 cm³/mol. The van der Waals surface area contributed by atoms with Crippen LogP contribution in [-0.2, 0) is 9.53 Å². The van der Waals surface area contributed by atoms with Crippen LogP contribution >= 0.6 is 0 Å². The van der Waals surface area contributed by atoms with Gasteiger partial charge >= 0.3 is 0 Å². The highest BCUT2D eigenvalue weighted by Gasteiger charge is 2.23. The van der Waals surface area contributed by atoms with Crippen LogP contribution < -0.4 is 5.32 Å². The molecule has 1 fully saturated rings. The maximum Gasteiger partial charge on any atom is 0.225 e. The summed E-state index contributed by atoms with van der Waals surface area (Å²) in [4.78, 5) is 11.3. The summed E-state index contributed by atoms with van der Waals surface area (Å²) in [6, 6.07) is 0.239. The van der Waals surface area contributed by atoms with Crippen molar-refractivity contribution in [2.75, 3.05) is 13.2 Å². The van der Waals surface area contributed by atoms with Gasteiger partial charge in [0.05, 0.1) is 12.5 Å². The molecule has 0 aliphatic carbocycles. The van der Waals surface area contributed by atoms with E-state index >= 15 is 0 Å². The molecule has 3 heteroatoms. The molecule has 1 amide bonds. The SMILES string of the molecule is CC(C)NC(=O)[C@H]1CCOC1. The summed E-state index contributed by atoms with van der Waals surface area (Å²) in [5.74, 6) is 0.231. The average Bonchev–Trinajstić information content (AvgIpc) is 2.35. The first-order valence-corrected chi connectivity index (χ1v) is 4.08. The van der Waals surface area contributed by atoms with Crippen molar-refractivity contribution in [1.82, 2.24) is 5.32 Å². The fourth-order valence-corrected chi connectivity index (χ4v) is 1.14. The van der Waals surface area contributed by atoms with Crippen molar-refractivity contribution in [3.8, 4) is 0 Å². The van der Waals surface area contributed by atoms with Crippen molar-refractivity contribution in [2.45, 2.75) is 26.3 Å². The number of amides is 1. The van der Waals surface area contributed by atoms with E-state index in [0.29, 0.717) is 6.61 Å². The van der Waals surface area contributed by atoms with Crippen LogP contribution in [0.3, 0.4) is 0 Å². The maximum atomic E-state index is 11.3. The fraction of sp³-hybridized carbons (Fsp3) is 0.875. The highest BCUT2D eigenvalue weighted by atomic mass is 16.5. The first-order chi connectivity index (χ1) is 5.20. The lowest BCUT2D eigenvalue weighted by Crippen LogP contribution is -2.35. The lowest BCUT2D eigenvalue weighted by Gasteiger charge is -2.11. The summed E-state index contributed by atoms with van der Waals surface area (Å²) in [6.45, 7) is 5.26. The Labute approximate surface area is 67.1 Å². The highest BCUT2D eigenvalue weighted by molar-refractivity contribution is 5.79. The molecule has 1 N–H and O–H groups in total. The van der Waals surface area contributed by atoms with Gasteiger partial charge in [0.25, 0.3) is 0 Å². The second kappa shape index (κ2) is 3.72. The fourth-order valence-electron chi connectivity index (χ4n) is 1.14. The minimum Gasteiger partial charge on any atom is -0.381 e. The lowest BCUT2D eigenvalue weighted by molar-refractivity contribution is -0.125. The lowest BCUT2D eigenvalue weighted by atomic mass is 10.1. The number of carbonyl (C=O) groups excluding carboxylic acids is 1. The molecule has 0 unspecified atom stereocenters. The Bertz CT molecular complexity index is 139. The molecule has 11 heavy (non-hydrogen) atoms. The van der Waals surface area contributed by atoms with E-state index in [0.717, 1.165) is 13.0 Å². The van der Waals surface area contributed by atoms with E-state index in [9.17, 15) is 4.79 Å². The summed E-state index contributed by atoms with van der Waals surface area (Å²) in [7, 11) is 0. The van der Waals surface area contributed by atoms with Crippen LogP contribution in [0.2, 0.25) is 0 Å². The van der Waals surface area contributed by atoms with E-state index in [1.165, 1.54) is 0 Å². The van der Waals surface area contributed by atoms with E-state index in [-0.39, 0.29) is 17.9 Å². The van der Waals surface area contributed by atoms with E-state index in [2.05, 4.69) is 5.32 Å². The van der Waals surface area contributed by atoms with Gasteiger partial charge in [-0.15, -0.1) is 0 Å². The topological polar surface area (TPSA) is 38.3 Å². The molecule has 1 saturated heterocycles. The van der Waals surface area contributed by atoms with Gasteiger partial charge < -0.3 is 10.1 Å². The molecule has 1 heterocycles. The molecule has 1 atom stereocenters. The van der Waals surface area contributed by atoms with E-state index < -0.39 is 0 Å². The van der Waals surface area contributed by atoms with Crippen molar-refractivity contribution in [2.24, 2.45) is 5.92 Å². The quantitative estimate of drug-likeness (QED) is 0.635. The summed E-state index contributed by atoms with van der Waals surface area (Å²) >= 11 is 0. The maximum absolute atomic E-state index is 11.3. The Kier molecular flexibility index (Phi) is 2.88. The van der Waals surface area contributed by atoms with Gasteiger partial charge in [0.1, 0.15) is 0 Å². The Morgan fingerprint density at radius 2 is 2.36 bits per heavy atom. The van der Waals surface area contributed by atoms with Crippen LogP contribution in [0.25, 0.3) is 0 Å². The van der Waals surface area contributed by atoms with Crippen molar-refractivity contribution in [3.05, 3.63) is 0 Å². The Hall–Kier alpha value is -0.570. The minimum absolute atomic E-state index is 0.0948. The van der Waals surface area contributed by atoms with Crippen molar-refractivity contribution in [1.29, 1.82) is 0 Å². The Morgan fingerprint density at radius 3 is 2.82 bits per heavy atom. The zero-order valence-electron chi connectivity index (χ0n) is 7.09. The molecule has 64 valence electrons. The van der Waals surface area contributed by atoms with Crippen LogP contribution in [0.4, 0.5) is 0 Å². The molecule has 0 aromatic carbocycles. The van der Waals surface area contributed by atoms with E-state index in [1.807, 2.05) is 13.8 Å². The van der Waals surface area contributed by atoms with Gasteiger partial charge in [0.15, 0.2) is 0 Å². The van der Waals surface area contributed by atoms with Gasteiger partial charge in [0.2, 0.25) is 5.91 Å². The molecular weight excluding hydrogens is 142 g/mol. The van der Waals surface area contributed by atoms with Gasteiger partial charge in [-0.1, -0.05) is 0 Å². The summed E-state index contributed by atoms with van der Waals surface area (Å²) < 4.78 is 5.10. The summed E-state index contributed by atoms with van der Waals surface area (Å²) in [5.41, 5.74) is 0.